The molecule has 0 radical (unpaired) electrons. The third kappa shape index (κ3) is 2.85. The van der Waals surface area contributed by atoms with Crippen LogP contribution in [-0.2, 0) is 0 Å². The molecular formula is C16H11N5O3S. The maximum atomic E-state index is 10.6. The van der Waals surface area contributed by atoms with E-state index in [1.165, 1.54) is 23.9 Å². The van der Waals surface area contributed by atoms with E-state index >= 15 is 0 Å². The molecule has 0 aliphatic rings. The number of para-hydroxylation sites is 1. The maximum absolute atomic E-state index is 10.6. The Balaban J connectivity index is 1.70. The Kier molecular flexibility index (Phi) is 3.69. The number of aryl methyl sites for hydroxylation is 1. The van der Waals surface area contributed by atoms with Crippen LogP contribution in [0.3, 0.4) is 0 Å². The molecule has 0 saturated heterocycles. The molecule has 3 aromatic heterocycles. The zero-order chi connectivity index (χ0) is 17.4. The molecule has 25 heavy (non-hydrogen) atoms. The lowest BCUT2D eigenvalue weighted by molar-refractivity contribution is -0.402. The zero-order valence-corrected chi connectivity index (χ0v) is 13.8. The first-order chi connectivity index (χ1) is 12.1. The number of nitrogens with zero attached hydrogens (tertiary/aromatic N) is 5. The van der Waals surface area contributed by atoms with Crippen molar-refractivity contribution in [1.82, 2.24) is 19.6 Å². The number of rotatable bonds is 4. The minimum atomic E-state index is -0.572. The molecule has 1 aromatic carbocycles. The summed E-state index contributed by atoms with van der Waals surface area (Å²) in [5, 5.41) is 18.3. The van der Waals surface area contributed by atoms with Gasteiger partial charge in [-0.05, 0) is 36.6 Å². The van der Waals surface area contributed by atoms with Gasteiger partial charge in [0.25, 0.3) is 0 Å². The van der Waals surface area contributed by atoms with Gasteiger partial charge in [-0.3, -0.25) is 10.1 Å². The first-order valence-corrected chi connectivity index (χ1v) is 8.19. The van der Waals surface area contributed by atoms with Gasteiger partial charge < -0.3 is 4.42 Å². The largest absolute Gasteiger partial charge is 0.433 e. The summed E-state index contributed by atoms with van der Waals surface area (Å²) in [5.41, 5.74) is 1.57. The van der Waals surface area contributed by atoms with Gasteiger partial charge in [0.2, 0.25) is 0 Å². The first kappa shape index (κ1) is 15.3. The van der Waals surface area contributed by atoms with Crippen LogP contribution in [-0.4, -0.2) is 24.5 Å². The fourth-order valence-corrected chi connectivity index (χ4v) is 3.10. The van der Waals surface area contributed by atoms with Crippen LogP contribution in [0.1, 0.15) is 11.6 Å². The van der Waals surface area contributed by atoms with E-state index < -0.39 is 4.92 Å². The van der Waals surface area contributed by atoms with Crippen LogP contribution < -0.4 is 0 Å². The number of hydrogen-bond acceptors (Lipinski definition) is 7. The van der Waals surface area contributed by atoms with E-state index in [1.54, 1.807) is 16.0 Å². The van der Waals surface area contributed by atoms with Crippen molar-refractivity contribution < 1.29 is 9.34 Å². The van der Waals surface area contributed by atoms with Gasteiger partial charge in [-0.25, -0.2) is 9.97 Å². The second kappa shape index (κ2) is 6.02. The van der Waals surface area contributed by atoms with Crippen molar-refractivity contribution in [2.24, 2.45) is 0 Å². The van der Waals surface area contributed by atoms with Crippen molar-refractivity contribution in [3.8, 4) is 0 Å². The van der Waals surface area contributed by atoms with Crippen LogP contribution in [0.5, 0.6) is 0 Å². The van der Waals surface area contributed by atoms with Crippen LogP contribution in [0.2, 0.25) is 0 Å². The number of aromatic nitrogens is 4. The van der Waals surface area contributed by atoms with Crippen molar-refractivity contribution in [2.75, 3.05) is 0 Å². The Bertz CT molecular complexity index is 1130. The topological polar surface area (TPSA) is 99.4 Å². The molecule has 9 heteroatoms. The Hall–Kier alpha value is -3.20. The molecule has 0 unspecified atom stereocenters. The van der Waals surface area contributed by atoms with E-state index in [-0.39, 0.29) is 5.88 Å². The molecule has 4 rings (SSSR count). The highest BCUT2D eigenvalue weighted by Crippen LogP contribution is 2.25. The fourth-order valence-electron chi connectivity index (χ4n) is 2.40. The minimum Gasteiger partial charge on any atom is -0.401 e. The average molecular weight is 353 g/mol. The van der Waals surface area contributed by atoms with E-state index in [4.69, 9.17) is 4.42 Å². The molecule has 3 heterocycles. The summed E-state index contributed by atoms with van der Waals surface area (Å²) < 4.78 is 6.78. The number of furan rings is 1. The fraction of sp³-hybridized carbons (Fsp3) is 0.0625. The molecule has 8 nitrogen and oxygen atoms in total. The molecule has 0 bridgehead atoms. The van der Waals surface area contributed by atoms with E-state index in [1.807, 2.05) is 31.2 Å². The van der Waals surface area contributed by atoms with Gasteiger partial charge in [0.1, 0.15) is 16.5 Å². The Morgan fingerprint density at radius 3 is 2.88 bits per heavy atom. The second-order valence-corrected chi connectivity index (χ2v) is 6.03. The lowest BCUT2D eigenvalue weighted by Crippen LogP contribution is -1.97. The minimum absolute atomic E-state index is 0.289. The predicted octanol–water partition coefficient (Wildman–Crippen LogP) is 3.85. The third-order valence-corrected chi connectivity index (χ3v) is 4.20. The van der Waals surface area contributed by atoms with Crippen molar-refractivity contribution in [3.63, 3.8) is 0 Å². The van der Waals surface area contributed by atoms with Gasteiger partial charge in [0.15, 0.2) is 10.8 Å². The normalized spacial score (nSPS) is 11.7. The predicted molar refractivity (Wildman–Crippen MR) is 93.3 cm³/mol. The van der Waals surface area contributed by atoms with Crippen molar-refractivity contribution >= 4 is 40.3 Å². The average Bonchev–Trinajstić information content (AvgIpc) is 3.21. The number of benzene rings is 1. The summed E-state index contributed by atoms with van der Waals surface area (Å²) in [4.78, 5) is 19.2. The van der Waals surface area contributed by atoms with Crippen LogP contribution in [0.25, 0.3) is 22.6 Å². The summed E-state index contributed by atoms with van der Waals surface area (Å²) in [6, 6.07) is 10.6. The van der Waals surface area contributed by atoms with Crippen LogP contribution in [0, 0.1) is 17.0 Å². The van der Waals surface area contributed by atoms with Crippen molar-refractivity contribution in [3.05, 3.63) is 63.5 Å². The lowest BCUT2D eigenvalue weighted by Gasteiger charge is -2.03. The Labute approximate surface area is 145 Å². The van der Waals surface area contributed by atoms with E-state index in [2.05, 4.69) is 15.1 Å². The highest BCUT2D eigenvalue weighted by molar-refractivity contribution is 8.02. The quantitative estimate of drug-likeness (QED) is 0.238. The van der Waals surface area contributed by atoms with Crippen molar-refractivity contribution in [1.29, 1.82) is 0 Å². The lowest BCUT2D eigenvalue weighted by atomic mass is 10.2. The molecule has 0 saturated carbocycles. The SMILES string of the molecule is Cc1nc2c3ccccc3nc(S/C=C/c3ccc([N+](=O)[O-])o3)n2n1. The highest BCUT2D eigenvalue weighted by Gasteiger charge is 2.12. The number of fused-ring (bicyclic) bond motifs is 3. The van der Waals surface area contributed by atoms with Crippen LogP contribution in [0.15, 0.2) is 51.4 Å². The summed E-state index contributed by atoms with van der Waals surface area (Å²) in [7, 11) is 0. The molecule has 4 aromatic rings. The van der Waals surface area contributed by atoms with Gasteiger partial charge in [0.05, 0.1) is 11.6 Å². The summed E-state index contributed by atoms with van der Waals surface area (Å²) in [6.45, 7) is 1.83. The zero-order valence-electron chi connectivity index (χ0n) is 13.0. The highest BCUT2D eigenvalue weighted by atomic mass is 32.2. The van der Waals surface area contributed by atoms with Crippen molar-refractivity contribution in [2.45, 2.75) is 12.1 Å². The third-order valence-electron chi connectivity index (χ3n) is 3.45. The smallest absolute Gasteiger partial charge is 0.401 e. The molecule has 0 atom stereocenters. The van der Waals surface area contributed by atoms with Gasteiger partial charge >= 0.3 is 5.88 Å². The molecular weight excluding hydrogens is 342 g/mol. The molecule has 124 valence electrons. The van der Waals surface area contributed by atoms with Gasteiger partial charge in [-0.1, -0.05) is 23.9 Å². The van der Waals surface area contributed by atoms with E-state index in [9.17, 15) is 10.1 Å². The number of nitro groups is 1. The van der Waals surface area contributed by atoms with Crippen LogP contribution in [0.4, 0.5) is 5.88 Å². The first-order valence-electron chi connectivity index (χ1n) is 7.31. The van der Waals surface area contributed by atoms with Gasteiger partial charge in [0, 0.05) is 5.39 Å². The Morgan fingerprint density at radius 2 is 2.08 bits per heavy atom. The van der Waals surface area contributed by atoms with Gasteiger partial charge in [-0.15, -0.1) is 5.10 Å². The van der Waals surface area contributed by atoms with Crippen LogP contribution >= 0.6 is 11.8 Å². The summed E-state index contributed by atoms with van der Waals surface area (Å²) >= 11 is 1.33. The monoisotopic (exact) mass is 353 g/mol. The molecule has 0 N–H and O–H groups in total. The summed E-state index contributed by atoms with van der Waals surface area (Å²) in [5.74, 6) is 0.763. The maximum Gasteiger partial charge on any atom is 0.433 e. The molecule has 0 aliphatic carbocycles. The number of hydrogen-bond donors (Lipinski definition) is 0. The molecule has 0 aliphatic heterocycles. The van der Waals surface area contributed by atoms with E-state index in [0.717, 1.165) is 16.6 Å². The molecule has 0 spiro atoms. The second-order valence-electron chi connectivity index (χ2n) is 5.16. The van der Waals surface area contributed by atoms with Gasteiger partial charge in [-0.2, -0.15) is 4.52 Å². The molecule has 0 amide bonds. The standard InChI is InChI=1S/C16H11N5O3S/c1-10-17-15-12-4-2-3-5-13(12)18-16(20(15)19-10)25-9-8-11-6-7-14(24-11)21(22)23/h2-9H,1H3/b9-8+. The molecule has 0 fully saturated rings. The summed E-state index contributed by atoms with van der Waals surface area (Å²) in [6.07, 6.45) is 1.64. The Morgan fingerprint density at radius 1 is 1.24 bits per heavy atom. The van der Waals surface area contributed by atoms with E-state index in [0.29, 0.717) is 16.7 Å². The number of thioether (sulfide) groups is 1.